The fourth-order valence-corrected chi connectivity index (χ4v) is 2.06. The van der Waals surface area contributed by atoms with Gasteiger partial charge < -0.3 is 4.74 Å². The van der Waals surface area contributed by atoms with E-state index in [1.54, 1.807) is 6.07 Å². The first-order valence-corrected chi connectivity index (χ1v) is 6.18. The predicted molar refractivity (Wildman–Crippen MR) is 69.6 cm³/mol. The third kappa shape index (κ3) is 3.07. The molecule has 0 fully saturated rings. The Labute approximate surface area is 113 Å². The van der Waals surface area contributed by atoms with E-state index in [1.807, 2.05) is 19.1 Å². The monoisotopic (exact) mass is 312 g/mol. The van der Waals surface area contributed by atoms with Crippen LogP contribution in [0.15, 0.2) is 40.9 Å². The summed E-state index contributed by atoms with van der Waals surface area (Å²) >= 11 is 3.35. The SMILES string of the molecule is Cc1cc(Br)ccc1OCc1cc(F)ccc1F. The largest absolute Gasteiger partial charge is 0.489 e. The minimum Gasteiger partial charge on any atom is -0.489 e. The van der Waals surface area contributed by atoms with Crippen LogP contribution in [0.1, 0.15) is 11.1 Å². The molecule has 0 bridgehead atoms. The highest BCUT2D eigenvalue weighted by molar-refractivity contribution is 9.10. The van der Waals surface area contributed by atoms with Gasteiger partial charge in [0.15, 0.2) is 0 Å². The highest BCUT2D eigenvalue weighted by Gasteiger charge is 2.06. The van der Waals surface area contributed by atoms with Gasteiger partial charge in [0.2, 0.25) is 0 Å². The van der Waals surface area contributed by atoms with Gasteiger partial charge in [0.1, 0.15) is 24.0 Å². The van der Waals surface area contributed by atoms with Gasteiger partial charge in [0, 0.05) is 10.0 Å². The molecule has 0 spiro atoms. The van der Waals surface area contributed by atoms with E-state index < -0.39 is 11.6 Å². The minimum atomic E-state index is -0.470. The molecule has 2 rings (SSSR count). The maximum atomic E-state index is 13.4. The summed E-state index contributed by atoms with van der Waals surface area (Å²) in [6.45, 7) is 1.90. The van der Waals surface area contributed by atoms with Gasteiger partial charge in [0.25, 0.3) is 0 Å². The molecule has 18 heavy (non-hydrogen) atoms. The lowest BCUT2D eigenvalue weighted by Crippen LogP contribution is -2.00. The maximum absolute atomic E-state index is 13.4. The summed E-state index contributed by atoms with van der Waals surface area (Å²) in [5.41, 5.74) is 1.14. The van der Waals surface area contributed by atoms with E-state index >= 15 is 0 Å². The zero-order valence-corrected chi connectivity index (χ0v) is 11.3. The second-order valence-electron chi connectivity index (χ2n) is 3.93. The van der Waals surface area contributed by atoms with Crippen molar-refractivity contribution in [3.8, 4) is 5.75 Å². The quantitative estimate of drug-likeness (QED) is 0.804. The summed E-state index contributed by atoms with van der Waals surface area (Å²) in [5.74, 6) is -0.282. The fourth-order valence-electron chi connectivity index (χ4n) is 1.58. The van der Waals surface area contributed by atoms with E-state index in [2.05, 4.69) is 15.9 Å². The number of halogens is 3. The minimum absolute atomic E-state index is 0.00602. The van der Waals surface area contributed by atoms with Gasteiger partial charge in [-0.3, -0.25) is 0 Å². The van der Waals surface area contributed by atoms with Gasteiger partial charge >= 0.3 is 0 Å². The Kier molecular flexibility index (Phi) is 3.97. The van der Waals surface area contributed by atoms with Crippen molar-refractivity contribution in [2.75, 3.05) is 0 Å². The summed E-state index contributed by atoms with van der Waals surface area (Å²) in [5, 5.41) is 0. The zero-order chi connectivity index (χ0) is 13.1. The van der Waals surface area contributed by atoms with Crippen LogP contribution < -0.4 is 4.74 Å². The van der Waals surface area contributed by atoms with Crippen LogP contribution in [0, 0.1) is 18.6 Å². The van der Waals surface area contributed by atoms with Gasteiger partial charge in [-0.2, -0.15) is 0 Å². The molecule has 2 aromatic rings. The number of hydrogen-bond acceptors (Lipinski definition) is 1. The van der Waals surface area contributed by atoms with Crippen molar-refractivity contribution in [1.82, 2.24) is 0 Å². The van der Waals surface area contributed by atoms with E-state index in [1.165, 1.54) is 0 Å². The summed E-state index contributed by atoms with van der Waals surface area (Å²) in [6, 6.07) is 8.86. The molecule has 0 N–H and O–H groups in total. The number of benzene rings is 2. The van der Waals surface area contributed by atoms with E-state index in [0.717, 1.165) is 28.2 Å². The van der Waals surface area contributed by atoms with Crippen molar-refractivity contribution in [3.05, 3.63) is 63.6 Å². The first-order chi connectivity index (χ1) is 8.56. The third-order valence-electron chi connectivity index (χ3n) is 2.53. The normalized spacial score (nSPS) is 10.4. The van der Waals surface area contributed by atoms with Gasteiger partial charge in [-0.25, -0.2) is 8.78 Å². The molecule has 4 heteroatoms. The van der Waals surface area contributed by atoms with Gasteiger partial charge in [-0.05, 0) is 48.9 Å². The highest BCUT2D eigenvalue weighted by Crippen LogP contribution is 2.23. The molecule has 0 saturated carbocycles. The van der Waals surface area contributed by atoms with E-state index in [0.29, 0.717) is 5.75 Å². The molecule has 94 valence electrons. The zero-order valence-electron chi connectivity index (χ0n) is 9.71. The van der Waals surface area contributed by atoms with E-state index in [-0.39, 0.29) is 12.2 Å². The molecule has 0 heterocycles. The van der Waals surface area contributed by atoms with Crippen LogP contribution in [0.25, 0.3) is 0 Å². The Morgan fingerprint density at radius 3 is 2.61 bits per heavy atom. The molecular formula is C14H11BrF2O. The van der Waals surface area contributed by atoms with E-state index in [4.69, 9.17) is 4.74 Å². The maximum Gasteiger partial charge on any atom is 0.130 e. The lowest BCUT2D eigenvalue weighted by atomic mass is 10.2. The van der Waals surface area contributed by atoms with Crippen LogP contribution in [-0.4, -0.2) is 0 Å². The van der Waals surface area contributed by atoms with Crippen molar-refractivity contribution in [3.63, 3.8) is 0 Å². The van der Waals surface area contributed by atoms with Crippen molar-refractivity contribution < 1.29 is 13.5 Å². The summed E-state index contributed by atoms with van der Waals surface area (Å²) in [7, 11) is 0. The van der Waals surface area contributed by atoms with Crippen LogP contribution in [0.3, 0.4) is 0 Å². The first kappa shape index (κ1) is 13.0. The van der Waals surface area contributed by atoms with Crippen LogP contribution in [0.4, 0.5) is 8.78 Å². The average Bonchev–Trinajstić information content (AvgIpc) is 2.32. The smallest absolute Gasteiger partial charge is 0.130 e. The summed E-state index contributed by atoms with van der Waals surface area (Å²) in [4.78, 5) is 0. The number of ether oxygens (including phenoxy) is 1. The topological polar surface area (TPSA) is 9.23 Å². The second kappa shape index (κ2) is 5.48. The molecule has 1 nitrogen and oxygen atoms in total. The Hall–Kier alpha value is -1.42. The van der Waals surface area contributed by atoms with Crippen molar-refractivity contribution in [2.45, 2.75) is 13.5 Å². The number of hydrogen-bond donors (Lipinski definition) is 0. The molecule has 0 unspecified atom stereocenters. The molecule has 0 radical (unpaired) electrons. The third-order valence-corrected chi connectivity index (χ3v) is 3.02. The number of aryl methyl sites for hydroxylation is 1. The van der Waals surface area contributed by atoms with Crippen LogP contribution in [-0.2, 0) is 6.61 Å². The molecule has 2 aromatic carbocycles. The Balaban J connectivity index is 2.13. The standard InChI is InChI=1S/C14H11BrF2O/c1-9-6-11(15)2-5-14(9)18-8-10-7-12(16)3-4-13(10)17/h2-7H,8H2,1H3. The van der Waals surface area contributed by atoms with Crippen molar-refractivity contribution >= 4 is 15.9 Å². The molecule has 0 aromatic heterocycles. The molecule has 0 aliphatic heterocycles. The Morgan fingerprint density at radius 1 is 1.11 bits per heavy atom. The van der Waals surface area contributed by atoms with Gasteiger partial charge in [0.05, 0.1) is 0 Å². The Bertz CT molecular complexity index is 570. The summed E-state index contributed by atoms with van der Waals surface area (Å²) in [6.07, 6.45) is 0. The lowest BCUT2D eigenvalue weighted by Gasteiger charge is -2.10. The highest BCUT2D eigenvalue weighted by atomic mass is 79.9. The fraction of sp³-hybridized carbons (Fsp3) is 0.143. The molecule has 0 amide bonds. The van der Waals surface area contributed by atoms with Crippen LogP contribution >= 0.6 is 15.9 Å². The van der Waals surface area contributed by atoms with Crippen LogP contribution in [0.2, 0.25) is 0 Å². The van der Waals surface area contributed by atoms with Crippen molar-refractivity contribution in [2.24, 2.45) is 0 Å². The lowest BCUT2D eigenvalue weighted by molar-refractivity contribution is 0.297. The summed E-state index contributed by atoms with van der Waals surface area (Å²) < 4.78 is 32.8. The van der Waals surface area contributed by atoms with Crippen molar-refractivity contribution in [1.29, 1.82) is 0 Å². The van der Waals surface area contributed by atoms with E-state index in [9.17, 15) is 8.78 Å². The van der Waals surface area contributed by atoms with Gasteiger partial charge in [-0.15, -0.1) is 0 Å². The van der Waals surface area contributed by atoms with Gasteiger partial charge in [-0.1, -0.05) is 15.9 Å². The van der Waals surface area contributed by atoms with Crippen LogP contribution in [0.5, 0.6) is 5.75 Å². The number of rotatable bonds is 3. The Morgan fingerprint density at radius 2 is 1.89 bits per heavy atom. The molecule has 0 atom stereocenters. The first-order valence-electron chi connectivity index (χ1n) is 5.39. The molecular weight excluding hydrogens is 302 g/mol. The second-order valence-corrected chi connectivity index (χ2v) is 4.85. The average molecular weight is 313 g/mol. The molecule has 0 aliphatic rings. The predicted octanol–water partition coefficient (Wildman–Crippen LogP) is 4.61. The molecule has 0 aliphatic carbocycles. The molecule has 0 saturated heterocycles.